The molecule has 1 aromatic carbocycles. The fourth-order valence-corrected chi connectivity index (χ4v) is 2.34. The second-order valence-electron chi connectivity index (χ2n) is 5.18. The first-order chi connectivity index (χ1) is 10.1. The molecule has 0 aliphatic heterocycles. The van der Waals surface area contributed by atoms with Crippen molar-refractivity contribution >= 4 is 11.8 Å². The fraction of sp³-hybridized carbons (Fsp3) is 0.412. The molecule has 4 heteroatoms. The minimum atomic E-state index is 0.778. The van der Waals surface area contributed by atoms with E-state index in [-0.39, 0.29) is 0 Å². The SMILES string of the molecule is CCN(CC)c1cc(C)nc(N(C)Cc2ccccc2)n1. The molecule has 0 saturated carbocycles. The van der Waals surface area contributed by atoms with Crippen LogP contribution < -0.4 is 9.80 Å². The van der Waals surface area contributed by atoms with Crippen molar-refractivity contribution in [3.05, 3.63) is 47.7 Å². The van der Waals surface area contributed by atoms with Crippen molar-refractivity contribution in [3.8, 4) is 0 Å². The Kier molecular flexibility index (Phi) is 5.14. The molecule has 0 atom stereocenters. The Balaban J connectivity index is 2.22. The number of anilines is 2. The van der Waals surface area contributed by atoms with Gasteiger partial charge >= 0.3 is 0 Å². The Morgan fingerprint density at radius 2 is 1.67 bits per heavy atom. The highest BCUT2D eigenvalue weighted by Gasteiger charge is 2.11. The van der Waals surface area contributed by atoms with Crippen molar-refractivity contribution in [1.29, 1.82) is 0 Å². The molecule has 2 aromatic rings. The molecule has 1 aromatic heterocycles. The molecule has 112 valence electrons. The molecule has 21 heavy (non-hydrogen) atoms. The second-order valence-corrected chi connectivity index (χ2v) is 5.18. The fourth-order valence-electron chi connectivity index (χ4n) is 2.34. The lowest BCUT2D eigenvalue weighted by Gasteiger charge is -2.23. The van der Waals surface area contributed by atoms with Gasteiger partial charge in [-0.3, -0.25) is 0 Å². The summed E-state index contributed by atoms with van der Waals surface area (Å²) in [6, 6.07) is 12.4. The Labute approximate surface area is 127 Å². The Morgan fingerprint density at radius 3 is 2.29 bits per heavy atom. The van der Waals surface area contributed by atoms with E-state index in [9.17, 15) is 0 Å². The summed E-state index contributed by atoms with van der Waals surface area (Å²) < 4.78 is 0. The summed E-state index contributed by atoms with van der Waals surface area (Å²) in [7, 11) is 2.04. The zero-order chi connectivity index (χ0) is 15.2. The summed E-state index contributed by atoms with van der Waals surface area (Å²) in [5.74, 6) is 1.78. The van der Waals surface area contributed by atoms with Crippen LogP contribution in [-0.4, -0.2) is 30.1 Å². The van der Waals surface area contributed by atoms with Crippen LogP contribution in [0.1, 0.15) is 25.1 Å². The molecule has 4 nitrogen and oxygen atoms in total. The lowest BCUT2D eigenvalue weighted by Crippen LogP contribution is -2.25. The third-order valence-corrected chi connectivity index (χ3v) is 3.52. The van der Waals surface area contributed by atoms with Crippen LogP contribution in [-0.2, 0) is 6.54 Å². The minimum Gasteiger partial charge on any atom is -0.357 e. The van der Waals surface area contributed by atoms with Crippen LogP contribution in [0.4, 0.5) is 11.8 Å². The molecule has 0 radical (unpaired) electrons. The highest BCUT2D eigenvalue weighted by molar-refractivity contribution is 5.45. The van der Waals surface area contributed by atoms with E-state index in [0.29, 0.717) is 0 Å². The van der Waals surface area contributed by atoms with Gasteiger partial charge in [-0.2, -0.15) is 4.98 Å². The summed E-state index contributed by atoms with van der Waals surface area (Å²) >= 11 is 0. The van der Waals surface area contributed by atoms with Crippen LogP contribution in [0.15, 0.2) is 36.4 Å². The van der Waals surface area contributed by atoms with Crippen LogP contribution in [0.5, 0.6) is 0 Å². The number of aromatic nitrogens is 2. The van der Waals surface area contributed by atoms with Crippen LogP contribution in [0.3, 0.4) is 0 Å². The number of hydrogen-bond acceptors (Lipinski definition) is 4. The van der Waals surface area contributed by atoms with Crippen LogP contribution in [0.25, 0.3) is 0 Å². The van der Waals surface area contributed by atoms with Crippen molar-refractivity contribution in [2.45, 2.75) is 27.3 Å². The van der Waals surface area contributed by atoms with Crippen molar-refractivity contribution in [2.24, 2.45) is 0 Å². The minimum absolute atomic E-state index is 0.778. The van der Waals surface area contributed by atoms with Crippen LogP contribution >= 0.6 is 0 Å². The van der Waals surface area contributed by atoms with Crippen molar-refractivity contribution in [3.63, 3.8) is 0 Å². The number of benzene rings is 1. The third kappa shape index (κ3) is 3.94. The standard InChI is InChI=1S/C17H24N4/c1-5-21(6-2)16-12-14(3)18-17(19-16)20(4)13-15-10-8-7-9-11-15/h7-12H,5-6,13H2,1-4H3. The maximum absolute atomic E-state index is 4.71. The van der Waals surface area contributed by atoms with E-state index in [1.165, 1.54) is 5.56 Å². The Morgan fingerprint density at radius 1 is 1.00 bits per heavy atom. The normalized spacial score (nSPS) is 10.5. The van der Waals surface area contributed by atoms with E-state index in [4.69, 9.17) is 4.98 Å². The smallest absolute Gasteiger partial charge is 0.227 e. The van der Waals surface area contributed by atoms with Gasteiger partial charge in [-0.1, -0.05) is 30.3 Å². The van der Waals surface area contributed by atoms with Gasteiger partial charge < -0.3 is 9.80 Å². The third-order valence-electron chi connectivity index (χ3n) is 3.52. The van der Waals surface area contributed by atoms with Gasteiger partial charge in [0.1, 0.15) is 5.82 Å². The highest BCUT2D eigenvalue weighted by Crippen LogP contribution is 2.18. The molecular formula is C17H24N4. The van der Waals surface area contributed by atoms with Gasteiger partial charge in [0.15, 0.2) is 0 Å². The van der Waals surface area contributed by atoms with E-state index in [0.717, 1.165) is 37.1 Å². The maximum atomic E-state index is 4.71. The average molecular weight is 284 g/mol. The van der Waals surface area contributed by atoms with Gasteiger partial charge in [-0.05, 0) is 26.3 Å². The van der Waals surface area contributed by atoms with Crippen molar-refractivity contribution < 1.29 is 0 Å². The predicted molar refractivity (Wildman–Crippen MR) is 88.9 cm³/mol. The molecule has 0 N–H and O–H groups in total. The monoisotopic (exact) mass is 284 g/mol. The summed E-state index contributed by atoms with van der Waals surface area (Å²) in [5.41, 5.74) is 2.26. The van der Waals surface area contributed by atoms with Crippen molar-refractivity contribution in [1.82, 2.24) is 9.97 Å². The molecule has 0 fully saturated rings. The Bertz CT molecular complexity index is 564. The van der Waals surface area contributed by atoms with Crippen LogP contribution in [0, 0.1) is 6.92 Å². The summed E-state index contributed by atoms with van der Waals surface area (Å²) in [5, 5.41) is 0. The first-order valence-electron chi connectivity index (χ1n) is 7.49. The summed E-state index contributed by atoms with van der Waals surface area (Å²) in [6.07, 6.45) is 0. The van der Waals surface area contributed by atoms with Gasteiger partial charge in [-0.15, -0.1) is 0 Å². The molecule has 0 aliphatic rings. The molecule has 0 spiro atoms. The number of rotatable bonds is 6. The summed E-state index contributed by atoms with van der Waals surface area (Å²) in [6.45, 7) is 9.03. The van der Waals surface area contributed by atoms with Crippen LogP contribution in [0.2, 0.25) is 0 Å². The largest absolute Gasteiger partial charge is 0.357 e. The number of hydrogen-bond donors (Lipinski definition) is 0. The topological polar surface area (TPSA) is 32.3 Å². The zero-order valence-corrected chi connectivity index (χ0v) is 13.4. The molecule has 2 rings (SSSR count). The second kappa shape index (κ2) is 7.07. The lowest BCUT2D eigenvalue weighted by atomic mass is 10.2. The molecule has 1 heterocycles. The van der Waals surface area contributed by atoms with Gasteiger partial charge in [-0.25, -0.2) is 4.98 Å². The molecule has 0 amide bonds. The molecular weight excluding hydrogens is 260 g/mol. The van der Waals surface area contributed by atoms with E-state index in [2.05, 4.69) is 52.9 Å². The maximum Gasteiger partial charge on any atom is 0.227 e. The van der Waals surface area contributed by atoms with E-state index < -0.39 is 0 Å². The van der Waals surface area contributed by atoms with Crippen molar-refractivity contribution in [2.75, 3.05) is 29.9 Å². The summed E-state index contributed by atoms with van der Waals surface area (Å²) in [4.78, 5) is 13.6. The van der Waals surface area contributed by atoms with Gasteiger partial charge in [0.25, 0.3) is 0 Å². The van der Waals surface area contributed by atoms with E-state index in [1.807, 2.05) is 26.1 Å². The van der Waals surface area contributed by atoms with E-state index >= 15 is 0 Å². The lowest BCUT2D eigenvalue weighted by molar-refractivity contribution is 0.814. The quantitative estimate of drug-likeness (QED) is 0.815. The molecule has 0 unspecified atom stereocenters. The average Bonchev–Trinajstić information content (AvgIpc) is 2.49. The van der Waals surface area contributed by atoms with Gasteiger partial charge in [0.2, 0.25) is 5.95 Å². The zero-order valence-electron chi connectivity index (χ0n) is 13.4. The number of aryl methyl sites for hydroxylation is 1. The number of nitrogens with zero attached hydrogens (tertiary/aromatic N) is 4. The molecule has 0 aliphatic carbocycles. The van der Waals surface area contributed by atoms with Gasteiger partial charge in [0.05, 0.1) is 0 Å². The molecule has 0 bridgehead atoms. The first-order valence-corrected chi connectivity index (χ1v) is 7.49. The van der Waals surface area contributed by atoms with Gasteiger partial charge in [0, 0.05) is 38.4 Å². The predicted octanol–water partition coefficient (Wildman–Crippen LogP) is 3.27. The first kappa shape index (κ1) is 15.3. The molecule has 0 saturated heterocycles. The highest BCUT2D eigenvalue weighted by atomic mass is 15.3. The van der Waals surface area contributed by atoms with E-state index in [1.54, 1.807) is 0 Å². The Hall–Kier alpha value is -2.10.